The molecule has 0 amide bonds. The van der Waals surface area contributed by atoms with Crippen LogP contribution in [0, 0.1) is 0 Å². The number of nitrogens with two attached hydrogens (primary N) is 1. The third-order valence-electron chi connectivity index (χ3n) is 2.75. The Hall–Kier alpha value is -1.18. The first-order valence-electron chi connectivity index (χ1n) is 5.34. The van der Waals surface area contributed by atoms with Gasteiger partial charge in [0.15, 0.2) is 0 Å². The van der Waals surface area contributed by atoms with Gasteiger partial charge in [-0.1, -0.05) is 0 Å². The normalized spacial score (nSPS) is 25.0. The Morgan fingerprint density at radius 1 is 1.59 bits per heavy atom. The first kappa shape index (κ1) is 12.3. The van der Waals surface area contributed by atoms with Gasteiger partial charge in [0.2, 0.25) is 10.0 Å². The van der Waals surface area contributed by atoms with Crippen molar-refractivity contribution in [2.24, 2.45) is 0 Å². The maximum absolute atomic E-state index is 12.0. The van der Waals surface area contributed by atoms with E-state index in [4.69, 9.17) is 10.5 Å². The van der Waals surface area contributed by atoms with Gasteiger partial charge in [-0.15, -0.1) is 0 Å². The van der Waals surface area contributed by atoms with Gasteiger partial charge in [0.1, 0.15) is 5.82 Å². The van der Waals surface area contributed by atoms with E-state index in [-0.39, 0.29) is 22.9 Å². The van der Waals surface area contributed by atoms with Crippen LogP contribution in [0.2, 0.25) is 0 Å². The van der Waals surface area contributed by atoms with Crippen molar-refractivity contribution in [1.82, 2.24) is 9.71 Å². The van der Waals surface area contributed by atoms with Crippen LogP contribution < -0.4 is 10.5 Å². The molecule has 0 aromatic carbocycles. The minimum Gasteiger partial charge on any atom is -0.384 e. The van der Waals surface area contributed by atoms with Crippen LogP contribution in [0.4, 0.5) is 5.82 Å². The predicted molar refractivity (Wildman–Crippen MR) is 62.8 cm³/mol. The van der Waals surface area contributed by atoms with Gasteiger partial charge >= 0.3 is 0 Å². The summed E-state index contributed by atoms with van der Waals surface area (Å²) in [6.45, 7) is 2.42. The molecule has 0 spiro atoms. The maximum Gasteiger partial charge on any atom is 0.241 e. The summed E-state index contributed by atoms with van der Waals surface area (Å²) in [5.74, 6) is 0.184. The molecule has 0 radical (unpaired) electrons. The minimum atomic E-state index is -3.55. The predicted octanol–water partition coefficient (Wildman–Crippen LogP) is 0.119. The van der Waals surface area contributed by atoms with Crippen LogP contribution in [0.15, 0.2) is 23.2 Å². The van der Waals surface area contributed by atoms with E-state index >= 15 is 0 Å². The molecule has 2 heterocycles. The molecular formula is C10H15N3O3S. The maximum atomic E-state index is 12.0. The van der Waals surface area contributed by atoms with Gasteiger partial charge < -0.3 is 10.5 Å². The standard InChI is InChI=1S/C10H15N3O3S/c1-7-9(3-5-16-7)13-17(14,15)8-2-4-12-10(11)6-8/h2,4,6-7,9,13H,3,5H2,1H3,(H2,11,12). The van der Waals surface area contributed by atoms with E-state index in [1.807, 2.05) is 6.92 Å². The number of nitrogens with one attached hydrogen (secondary N) is 1. The van der Waals surface area contributed by atoms with Crippen LogP contribution in [0.25, 0.3) is 0 Å². The van der Waals surface area contributed by atoms with Crippen molar-refractivity contribution in [3.8, 4) is 0 Å². The molecule has 2 atom stereocenters. The molecule has 3 N–H and O–H groups in total. The lowest BCUT2D eigenvalue weighted by atomic mass is 10.2. The number of nitrogens with zero attached hydrogens (tertiary/aromatic N) is 1. The number of anilines is 1. The molecule has 0 aliphatic carbocycles. The second kappa shape index (κ2) is 4.59. The van der Waals surface area contributed by atoms with E-state index < -0.39 is 10.0 Å². The summed E-state index contributed by atoms with van der Waals surface area (Å²) in [7, 11) is -3.55. The van der Waals surface area contributed by atoms with Gasteiger partial charge in [-0.25, -0.2) is 18.1 Å². The van der Waals surface area contributed by atoms with E-state index in [2.05, 4.69) is 9.71 Å². The smallest absolute Gasteiger partial charge is 0.241 e. The van der Waals surface area contributed by atoms with Crippen LogP contribution in [-0.4, -0.2) is 32.2 Å². The third kappa shape index (κ3) is 2.74. The van der Waals surface area contributed by atoms with Gasteiger partial charge in [-0.3, -0.25) is 0 Å². The first-order valence-corrected chi connectivity index (χ1v) is 6.83. The summed E-state index contributed by atoms with van der Waals surface area (Å²) in [5.41, 5.74) is 5.46. The lowest BCUT2D eigenvalue weighted by Crippen LogP contribution is -2.39. The fourth-order valence-corrected chi connectivity index (χ4v) is 3.11. The summed E-state index contributed by atoms with van der Waals surface area (Å²) in [6.07, 6.45) is 1.95. The monoisotopic (exact) mass is 257 g/mol. The van der Waals surface area contributed by atoms with Crippen LogP contribution in [-0.2, 0) is 14.8 Å². The molecule has 1 fully saturated rings. The summed E-state index contributed by atoms with van der Waals surface area (Å²) < 4.78 is 32.0. The van der Waals surface area contributed by atoms with Crippen molar-refractivity contribution in [3.63, 3.8) is 0 Å². The van der Waals surface area contributed by atoms with Gasteiger partial charge in [-0.05, 0) is 19.4 Å². The Morgan fingerprint density at radius 3 is 2.94 bits per heavy atom. The summed E-state index contributed by atoms with van der Waals surface area (Å²) in [4.78, 5) is 3.89. The molecule has 1 saturated heterocycles. The molecule has 17 heavy (non-hydrogen) atoms. The molecule has 1 aliphatic rings. The minimum absolute atomic E-state index is 0.107. The van der Waals surface area contributed by atoms with Gasteiger partial charge in [-0.2, -0.15) is 0 Å². The zero-order valence-corrected chi connectivity index (χ0v) is 10.3. The summed E-state index contributed by atoms with van der Waals surface area (Å²) in [5, 5.41) is 0. The second-order valence-corrected chi connectivity index (χ2v) is 5.72. The molecule has 0 bridgehead atoms. The van der Waals surface area contributed by atoms with Crippen molar-refractivity contribution in [3.05, 3.63) is 18.3 Å². The highest BCUT2D eigenvalue weighted by atomic mass is 32.2. The average molecular weight is 257 g/mol. The molecule has 2 rings (SSSR count). The number of sulfonamides is 1. The van der Waals surface area contributed by atoms with Crippen LogP contribution in [0.3, 0.4) is 0 Å². The molecule has 1 aromatic heterocycles. The first-order chi connectivity index (χ1) is 7.99. The fourth-order valence-electron chi connectivity index (χ4n) is 1.75. The molecule has 94 valence electrons. The quantitative estimate of drug-likeness (QED) is 0.802. The zero-order chi connectivity index (χ0) is 12.5. The highest BCUT2D eigenvalue weighted by molar-refractivity contribution is 7.89. The second-order valence-electron chi connectivity index (χ2n) is 4.01. The molecule has 0 saturated carbocycles. The van der Waals surface area contributed by atoms with Crippen molar-refractivity contribution < 1.29 is 13.2 Å². The van der Waals surface area contributed by atoms with Gasteiger partial charge in [0.25, 0.3) is 0 Å². The number of aromatic nitrogens is 1. The van der Waals surface area contributed by atoms with Crippen LogP contribution >= 0.6 is 0 Å². The van der Waals surface area contributed by atoms with E-state index in [1.54, 1.807) is 0 Å². The Bertz CT molecular complexity index is 503. The highest BCUT2D eigenvalue weighted by Gasteiger charge is 2.29. The molecule has 7 heteroatoms. The van der Waals surface area contributed by atoms with E-state index in [0.29, 0.717) is 13.0 Å². The van der Waals surface area contributed by atoms with Crippen LogP contribution in [0.5, 0.6) is 0 Å². The number of hydrogen-bond donors (Lipinski definition) is 2. The van der Waals surface area contributed by atoms with Crippen molar-refractivity contribution in [1.29, 1.82) is 0 Å². The number of ether oxygens (including phenoxy) is 1. The SMILES string of the molecule is CC1OCCC1NS(=O)(=O)c1ccnc(N)c1. The largest absolute Gasteiger partial charge is 0.384 e. The topological polar surface area (TPSA) is 94.3 Å². The van der Waals surface area contributed by atoms with E-state index in [9.17, 15) is 8.42 Å². The highest BCUT2D eigenvalue weighted by Crippen LogP contribution is 2.17. The Labute approximate surface area is 100 Å². The summed E-state index contributed by atoms with van der Waals surface area (Å²) >= 11 is 0. The lowest BCUT2D eigenvalue weighted by molar-refractivity contribution is 0.117. The number of pyridine rings is 1. The Balaban J connectivity index is 2.19. The molecular weight excluding hydrogens is 242 g/mol. The number of rotatable bonds is 3. The zero-order valence-electron chi connectivity index (χ0n) is 9.46. The van der Waals surface area contributed by atoms with Crippen molar-refractivity contribution in [2.75, 3.05) is 12.3 Å². The van der Waals surface area contributed by atoms with E-state index in [0.717, 1.165) is 0 Å². The fraction of sp³-hybridized carbons (Fsp3) is 0.500. The number of hydrogen-bond acceptors (Lipinski definition) is 5. The average Bonchev–Trinajstić information content (AvgIpc) is 2.64. The van der Waals surface area contributed by atoms with E-state index in [1.165, 1.54) is 18.3 Å². The molecule has 1 aromatic rings. The van der Waals surface area contributed by atoms with Crippen molar-refractivity contribution in [2.45, 2.75) is 30.4 Å². The Morgan fingerprint density at radius 2 is 2.35 bits per heavy atom. The summed E-state index contributed by atoms with van der Waals surface area (Å²) in [6, 6.07) is 2.57. The molecule has 1 aliphatic heterocycles. The van der Waals surface area contributed by atoms with Crippen LogP contribution in [0.1, 0.15) is 13.3 Å². The number of nitrogen functional groups attached to an aromatic ring is 1. The molecule has 6 nitrogen and oxygen atoms in total. The molecule has 2 unspecified atom stereocenters. The third-order valence-corrected chi connectivity index (χ3v) is 4.23. The Kier molecular flexibility index (Phi) is 3.32. The van der Waals surface area contributed by atoms with Crippen molar-refractivity contribution >= 4 is 15.8 Å². The van der Waals surface area contributed by atoms with Gasteiger partial charge in [0.05, 0.1) is 17.0 Å². The van der Waals surface area contributed by atoms with Gasteiger partial charge in [0, 0.05) is 18.9 Å². The lowest BCUT2D eigenvalue weighted by Gasteiger charge is -2.16.